The molecule has 0 spiro atoms. The van der Waals surface area contributed by atoms with E-state index in [1.807, 2.05) is 0 Å². The monoisotopic (exact) mass is 348 g/mol. The number of benzene rings is 1. The van der Waals surface area contributed by atoms with Crippen LogP contribution in [0.25, 0.3) is 0 Å². The van der Waals surface area contributed by atoms with Gasteiger partial charge < -0.3 is 14.6 Å². The van der Waals surface area contributed by atoms with E-state index in [1.54, 1.807) is 13.0 Å². The minimum atomic E-state index is -0.827. The number of aliphatic hydroxyl groups is 1. The van der Waals surface area contributed by atoms with Gasteiger partial charge in [-0.3, -0.25) is 9.59 Å². The zero-order chi connectivity index (χ0) is 18.1. The van der Waals surface area contributed by atoms with E-state index in [-0.39, 0.29) is 30.6 Å². The van der Waals surface area contributed by atoms with E-state index in [0.29, 0.717) is 0 Å². The quantitative estimate of drug-likeness (QED) is 0.920. The van der Waals surface area contributed by atoms with E-state index in [1.165, 1.54) is 21.7 Å². The van der Waals surface area contributed by atoms with E-state index in [2.05, 4.69) is 0 Å². The predicted octanol–water partition coefficient (Wildman–Crippen LogP) is 1.77. The van der Waals surface area contributed by atoms with Crippen LogP contribution in [-0.2, 0) is 11.3 Å². The first kappa shape index (κ1) is 17.3. The fourth-order valence-electron chi connectivity index (χ4n) is 3.13. The van der Waals surface area contributed by atoms with Crippen molar-refractivity contribution in [3.05, 3.63) is 69.6 Å². The summed E-state index contributed by atoms with van der Waals surface area (Å²) in [5.41, 5.74) is 0.493. The van der Waals surface area contributed by atoms with Crippen LogP contribution in [0.1, 0.15) is 23.6 Å². The highest BCUT2D eigenvalue weighted by molar-refractivity contribution is 5.77. The molecule has 5 nitrogen and oxygen atoms in total. The van der Waals surface area contributed by atoms with Gasteiger partial charge in [-0.2, -0.15) is 0 Å². The van der Waals surface area contributed by atoms with Crippen LogP contribution in [0.4, 0.5) is 8.78 Å². The smallest absolute Gasteiger partial charge is 0.251 e. The molecular weight excluding hydrogens is 330 g/mol. The van der Waals surface area contributed by atoms with E-state index < -0.39 is 29.7 Å². The standard InChI is InChI=1S/C18H18F2N2O3/c1-11-4-5-21(17(24)6-11)10-18(25)22-9-13(23)8-16(22)14-7-12(19)2-3-15(14)20/h2-7,13,16,23H,8-10H2,1H3/t13-,16-/m0/s1. The highest BCUT2D eigenvalue weighted by Gasteiger charge is 2.36. The SMILES string of the molecule is Cc1ccn(CC(=O)N2C[C@@H](O)C[C@H]2c2cc(F)ccc2F)c(=O)c1. The Morgan fingerprint density at radius 2 is 2.04 bits per heavy atom. The van der Waals surface area contributed by atoms with Crippen LogP contribution in [0.15, 0.2) is 41.3 Å². The summed E-state index contributed by atoms with van der Waals surface area (Å²) < 4.78 is 28.8. The number of aryl methyl sites for hydroxylation is 1. The van der Waals surface area contributed by atoms with Crippen molar-refractivity contribution in [2.75, 3.05) is 6.54 Å². The Morgan fingerprint density at radius 3 is 2.76 bits per heavy atom. The number of carbonyl (C=O) groups is 1. The molecule has 1 aliphatic rings. The molecule has 0 aliphatic carbocycles. The van der Waals surface area contributed by atoms with Crippen LogP contribution in [0.2, 0.25) is 0 Å². The number of rotatable bonds is 3. The van der Waals surface area contributed by atoms with Crippen molar-refractivity contribution in [2.45, 2.75) is 32.0 Å². The summed E-state index contributed by atoms with van der Waals surface area (Å²) in [4.78, 5) is 25.9. The number of β-amino-alcohol motifs (C(OH)–C–C–N with tert-alkyl or cyclic N) is 1. The summed E-state index contributed by atoms with van der Waals surface area (Å²) in [6, 6.07) is 5.40. The number of hydrogen-bond donors (Lipinski definition) is 1. The summed E-state index contributed by atoms with van der Waals surface area (Å²) >= 11 is 0. The van der Waals surface area contributed by atoms with Crippen LogP contribution in [-0.4, -0.2) is 33.1 Å². The lowest BCUT2D eigenvalue weighted by Gasteiger charge is -2.25. The molecular formula is C18H18F2N2O3. The molecule has 0 saturated carbocycles. The van der Waals surface area contributed by atoms with E-state index in [9.17, 15) is 23.5 Å². The molecule has 3 rings (SSSR count). The van der Waals surface area contributed by atoms with Gasteiger partial charge >= 0.3 is 0 Å². The van der Waals surface area contributed by atoms with Gasteiger partial charge in [0.1, 0.15) is 18.2 Å². The van der Waals surface area contributed by atoms with Crippen molar-refractivity contribution in [3.63, 3.8) is 0 Å². The third-order valence-electron chi connectivity index (χ3n) is 4.37. The van der Waals surface area contributed by atoms with Crippen molar-refractivity contribution in [3.8, 4) is 0 Å². The zero-order valence-electron chi connectivity index (χ0n) is 13.7. The minimum absolute atomic E-state index is 0.0140. The predicted molar refractivity (Wildman–Crippen MR) is 86.9 cm³/mol. The Kier molecular flexibility index (Phi) is 4.67. The van der Waals surface area contributed by atoms with Crippen LogP contribution >= 0.6 is 0 Å². The Balaban J connectivity index is 1.87. The second-order valence-corrected chi connectivity index (χ2v) is 6.29. The Labute approximate surface area is 143 Å². The number of nitrogens with zero attached hydrogens (tertiary/aromatic N) is 2. The topological polar surface area (TPSA) is 62.5 Å². The molecule has 1 N–H and O–H groups in total. The lowest BCUT2D eigenvalue weighted by Crippen LogP contribution is -2.37. The largest absolute Gasteiger partial charge is 0.391 e. The number of likely N-dealkylation sites (tertiary alicyclic amines) is 1. The number of halogens is 2. The van der Waals surface area contributed by atoms with Gasteiger partial charge in [-0.1, -0.05) is 0 Å². The maximum absolute atomic E-state index is 14.1. The maximum atomic E-state index is 14.1. The fraction of sp³-hybridized carbons (Fsp3) is 0.333. The Bertz CT molecular complexity index is 866. The Morgan fingerprint density at radius 1 is 1.28 bits per heavy atom. The van der Waals surface area contributed by atoms with Gasteiger partial charge in [0.15, 0.2) is 0 Å². The van der Waals surface area contributed by atoms with Gasteiger partial charge in [-0.15, -0.1) is 0 Å². The van der Waals surface area contributed by atoms with Gasteiger partial charge in [0, 0.05) is 24.4 Å². The lowest BCUT2D eigenvalue weighted by atomic mass is 10.0. The van der Waals surface area contributed by atoms with Crippen LogP contribution in [0.3, 0.4) is 0 Å². The molecule has 1 aromatic carbocycles. The number of aliphatic hydroxyl groups excluding tert-OH is 1. The molecule has 1 amide bonds. The number of hydrogen-bond acceptors (Lipinski definition) is 3. The van der Waals surface area contributed by atoms with E-state index >= 15 is 0 Å². The second-order valence-electron chi connectivity index (χ2n) is 6.29. The van der Waals surface area contributed by atoms with Gasteiger partial charge in [-0.05, 0) is 43.2 Å². The van der Waals surface area contributed by atoms with Crippen molar-refractivity contribution < 1.29 is 18.7 Å². The zero-order valence-corrected chi connectivity index (χ0v) is 13.7. The summed E-state index contributed by atoms with van der Waals surface area (Å²) in [6.07, 6.45) is 0.806. The third-order valence-corrected chi connectivity index (χ3v) is 4.37. The summed E-state index contributed by atoms with van der Waals surface area (Å²) in [5, 5.41) is 9.92. The molecule has 2 atom stereocenters. The average Bonchev–Trinajstić information content (AvgIpc) is 2.94. The van der Waals surface area contributed by atoms with Gasteiger partial charge in [0.05, 0.1) is 12.1 Å². The molecule has 1 fully saturated rings. The molecule has 0 radical (unpaired) electrons. The molecule has 1 aliphatic heterocycles. The van der Waals surface area contributed by atoms with E-state index in [0.717, 1.165) is 23.8 Å². The fourth-order valence-corrected chi connectivity index (χ4v) is 3.13. The number of amides is 1. The van der Waals surface area contributed by atoms with Gasteiger partial charge in [0.25, 0.3) is 5.56 Å². The molecule has 0 bridgehead atoms. The highest BCUT2D eigenvalue weighted by atomic mass is 19.1. The maximum Gasteiger partial charge on any atom is 0.251 e. The summed E-state index contributed by atoms with van der Waals surface area (Å²) in [5.74, 6) is -1.68. The number of carbonyl (C=O) groups excluding carboxylic acids is 1. The molecule has 1 aromatic heterocycles. The number of aromatic nitrogens is 1. The summed E-state index contributed by atoms with van der Waals surface area (Å²) in [7, 11) is 0. The van der Waals surface area contributed by atoms with Gasteiger partial charge in [0.2, 0.25) is 5.91 Å². The van der Waals surface area contributed by atoms with Crippen molar-refractivity contribution in [1.82, 2.24) is 9.47 Å². The molecule has 1 saturated heterocycles. The molecule has 2 heterocycles. The second kappa shape index (κ2) is 6.76. The minimum Gasteiger partial charge on any atom is -0.391 e. The molecule has 132 valence electrons. The van der Waals surface area contributed by atoms with E-state index in [4.69, 9.17) is 0 Å². The average molecular weight is 348 g/mol. The first-order valence-corrected chi connectivity index (χ1v) is 7.94. The van der Waals surface area contributed by atoms with Crippen LogP contribution in [0, 0.1) is 18.6 Å². The summed E-state index contributed by atoms with van der Waals surface area (Å²) in [6.45, 7) is 1.56. The van der Waals surface area contributed by atoms with Crippen molar-refractivity contribution in [1.29, 1.82) is 0 Å². The van der Waals surface area contributed by atoms with Crippen LogP contribution < -0.4 is 5.56 Å². The normalized spacial score (nSPS) is 20.1. The van der Waals surface area contributed by atoms with Crippen molar-refractivity contribution >= 4 is 5.91 Å². The Hall–Kier alpha value is -2.54. The third kappa shape index (κ3) is 3.61. The molecule has 2 aromatic rings. The lowest BCUT2D eigenvalue weighted by molar-refractivity contribution is -0.133. The first-order valence-electron chi connectivity index (χ1n) is 7.94. The highest BCUT2D eigenvalue weighted by Crippen LogP contribution is 2.34. The molecule has 0 unspecified atom stereocenters. The van der Waals surface area contributed by atoms with Gasteiger partial charge in [-0.25, -0.2) is 8.78 Å². The van der Waals surface area contributed by atoms with Crippen LogP contribution in [0.5, 0.6) is 0 Å². The number of pyridine rings is 1. The van der Waals surface area contributed by atoms with Crippen molar-refractivity contribution in [2.24, 2.45) is 0 Å². The molecule has 7 heteroatoms. The molecule has 25 heavy (non-hydrogen) atoms. The first-order chi connectivity index (χ1) is 11.8.